The van der Waals surface area contributed by atoms with Gasteiger partial charge in [-0.2, -0.15) is 23.5 Å². The zero-order valence-corrected chi connectivity index (χ0v) is 11.9. The van der Waals surface area contributed by atoms with Crippen molar-refractivity contribution in [3.8, 4) is 0 Å². The maximum atomic E-state index is 3.43. The van der Waals surface area contributed by atoms with Crippen LogP contribution >= 0.6 is 23.5 Å². The van der Waals surface area contributed by atoms with Crippen molar-refractivity contribution in [2.45, 2.75) is 30.6 Å². The molecule has 4 heteroatoms. The number of hydrogen-bond acceptors (Lipinski definition) is 4. The van der Waals surface area contributed by atoms with Crippen LogP contribution in [0, 0.1) is 0 Å². The molecule has 1 unspecified atom stereocenters. The minimum atomic E-state index is 0.860. The van der Waals surface area contributed by atoms with Crippen molar-refractivity contribution in [2.75, 3.05) is 43.9 Å². The zero-order valence-electron chi connectivity index (χ0n) is 10.3. The van der Waals surface area contributed by atoms with E-state index in [1.165, 1.54) is 56.2 Å². The monoisotopic (exact) mass is 260 g/mol. The van der Waals surface area contributed by atoms with Crippen molar-refractivity contribution in [1.29, 1.82) is 0 Å². The van der Waals surface area contributed by atoms with Crippen LogP contribution < -0.4 is 5.32 Å². The molecule has 0 radical (unpaired) electrons. The Bertz CT molecular complexity index is 189. The van der Waals surface area contributed by atoms with E-state index in [9.17, 15) is 0 Å². The summed E-state index contributed by atoms with van der Waals surface area (Å²) >= 11 is 4.31. The van der Waals surface area contributed by atoms with Crippen LogP contribution in [0.4, 0.5) is 0 Å². The second kappa shape index (κ2) is 7.14. The lowest BCUT2D eigenvalue weighted by Gasteiger charge is -2.26. The normalized spacial score (nSPS) is 27.8. The highest BCUT2D eigenvalue weighted by Crippen LogP contribution is 2.23. The van der Waals surface area contributed by atoms with Crippen molar-refractivity contribution in [2.24, 2.45) is 0 Å². The standard InChI is InChI=1S/C12H24N2S2/c1-14(11-4-8-15-10-11)7-9-16-12-2-5-13-6-3-12/h11-13H,2-10H2,1H3. The van der Waals surface area contributed by atoms with Crippen LogP contribution in [0.5, 0.6) is 0 Å². The van der Waals surface area contributed by atoms with Crippen LogP contribution in [0.15, 0.2) is 0 Å². The first kappa shape index (κ1) is 13.1. The fourth-order valence-electron chi connectivity index (χ4n) is 2.38. The van der Waals surface area contributed by atoms with Gasteiger partial charge in [-0.05, 0) is 45.2 Å². The third-order valence-corrected chi connectivity index (χ3v) is 6.12. The van der Waals surface area contributed by atoms with Crippen LogP contribution in [0.2, 0.25) is 0 Å². The summed E-state index contributed by atoms with van der Waals surface area (Å²) in [5, 5.41) is 4.36. The molecule has 2 saturated heterocycles. The van der Waals surface area contributed by atoms with Crippen molar-refractivity contribution in [1.82, 2.24) is 10.2 Å². The molecule has 2 heterocycles. The van der Waals surface area contributed by atoms with Gasteiger partial charge in [-0.15, -0.1) is 0 Å². The van der Waals surface area contributed by atoms with Gasteiger partial charge in [-0.25, -0.2) is 0 Å². The van der Waals surface area contributed by atoms with Gasteiger partial charge in [-0.3, -0.25) is 0 Å². The summed E-state index contributed by atoms with van der Waals surface area (Å²) in [6.07, 6.45) is 4.14. The molecule has 2 nitrogen and oxygen atoms in total. The Morgan fingerprint density at radius 3 is 2.81 bits per heavy atom. The van der Waals surface area contributed by atoms with Gasteiger partial charge in [0.2, 0.25) is 0 Å². The molecular weight excluding hydrogens is 236 g/mol. The van der Waals surface area contributed by atoms with Gasteiger partial charge in [0.05, 0.1) is 0 Å². The van der Waals surface area contributed by atoms with E-state index in [0.29, 0.717) is 0 Å². The number of hydrogen-bond donors (Lipinski definition) is 1. The highest BCUT2D eigenvalue weighted by molar-refractivity contribution is 8.00. The number of thioether (sulfide) groups is 2. The van der Waals surface area contributed by atoms with E-state index < -0.39 is 0 Å². The minimum absolute atomic E-state index is 0.860. The van der Waals surface area contributed by atoms with Crippen LogP contribution in [0.1, 0.15) is 19.3 Å². The third kappa shape index (κ3) is 4.13. The molecule has 16 heavy (non-hydrogen) atoms. The van der Waals surface area contributed by atoms with E-state index in [-0.39, 0.29) is 0 Å². The molecular formula is C12H24N2S2. The molecule has 2 fully saturated rings. The Morgan fingerprint density at radius 1 is 1.31 bits per heavy atom. The number of piperidine rings is 1. The Morgan fingerprint density at radius 2 is 2.12 bits per heavy atom. The van der Waals surface area contributed by atoms with E-state index in [4.69, 9.17) is 0 Å². The predicted octanol–water partition coefficient (Wildman–Crippen LogP) is 1.91. The van der Waals surface area contributed by atoms with Gasteiger partial charge < -0.3 is 10.2 Å². The molecule has 0 bridgehead atoms. The molecule has 0 aromatic carbocycles. The lowest BCUT2D eigenvalue weighted by Crippen LogP contribution is -2.34. The highest BCUT2D eigenvalue weighted by Gasteiger charge is 2.20. The minimum Gasteiger partial charge on any atom is -0.317 e. The van der Waals surface area contributed by atoms with E-state index in [1.54, 1.807) is 0 Å². The van der Waals surface area contributed by atoms with Gasteiger partial charge >= 0.3 is 0 Å². The van der Waals surface area contributed by atoms with Crippen molar-refractivity contribution < 1.29 is 0 Å². The average Bonchev–Trinajstić information content (AvgIpc) is 2.84. The topological polar surface area (TPSA) is 15.3 Å². The van der Waals surface area contributed by atoms with E-state index in [0.717, 1.165) is 11.3 Å². The van der Waals surface area contributed by atoms with Gasteiger partial charge in [0.25, 0.3) is 0 Å². The molecule has 2 aliphatic rings. The van der Waals surface area contributed by atoms with E-state index in [2.05, 4.69) is 40.8 Å². The number of nitrogens with zero attached hydrogens (tertiary/aromatic N) is 1. The van der Waals surface area contributed by atoms with E-state index in [1.807, 2.05) is 0 Å². The maximum Gasteiger partial charge on any atom is 0.0191 e. The quantitative estimate of drug-likeness (QED) is 0.812. The molecule has 0 amide bonds. The predicted molar refractivity (Wildman–Crippen MR) is 76.7 cm³/mol. The lowest BCUT2D eigenvalue weighted by atomic mass is 10.2. The Balaban J connectivity index is 1.56. The summed E-state index contributed by atoms with van der Waals surface area (Å²) in [7, 11) is 2.31. The molecule has 0 saturated carbocycles. The van der Waals surface area contributed by atoms with Gasteiger partial charge in [0.1, 0.15) is 0 Å². The average molecular weight is 260 g/mol. The summed E-state index contributed by atoms with van der Waals surface area (Å²) < 4.78 is 0. The zero-order chi connectivity index (χ0) is 11.2. The van der Waals surface area contributed by atoms with Gasteiger partial charge in [0.15, 0.2) is 0 Å². The summed E-state index contributed by atoms with van der Waals surface area (Å²) in [4.78, 5) is 2.58. The molecule has 0 aromatic heterocycles. The lowest BCUT2D eigenvalue weighted by molar-refractivity contribution is 0.278. The molecule has 0 aliphatic carbocycles. The van der Waals surface area contributed by atoms with Crippen molar-refractivity contribution in [3.05, 3.63) is 0 Å². The van der Waals surface area contributed by atoms with Crippen molar-refractivity contribution in [3.63, 3.8) is 0 Å². The summed E-state index contributed by atoms with van der Waals surface area (Å²) in [5.74, 6) is 4.05. The second-order valence-electron chi connectivity index (χ2n) is 4.82. The third-order valence-electron chi connectivity index (χ3n) is 3.61. The molecule has 0 aromatic rings. The van der Waals surface area contributed by atoms with Gasteiger partial charge in [0, 0.05) is 29.3 Å². The first-order valence-corrected chi connectivity index (χ1v) is 8.67. The highest BCUT2D eigenvalue weighted by atomic mass is 32.2. The smallest absolute Gasteiger partial charge is 0.0191 e. The largest absolute Gasteiger partial charge is 0.317 e. The van der Waals surface area contributed by atoms with Crippen LogP contribution in [-0.2, 0) is 0 Å². The second-order valence-corrected chi connectivity index (χ2v) is 7.38. The first-order valence-electron chi connectivity index (χ1n) is 6.46. The summed E-state index contributed by atoms with van der Waals surface area (Å²) in [6.45, 7) is 3.74. The van der Waals surface area contributed by atoms with Gasteiger partial charge in [-0.1, -0.05) is 0 Å². The van der Waals surface area contributed by atoms with Crippen molar-refractivity contribution >= 4 is 23.5 Å². The van der Waals surface area contributed by atoms with E-state index >= 15 is 0 Å². The molecule has 94 valence electrons. The maximum absolute atomic E-state index is 3.43. The Labute approximate surface area is 108 Å². The Hall–Kier alpha value is 0.620. The Kier molecular flexibility index (Phi) is 5.83. The van der Waals surface area contributed by atoms with Crippen LogP contribution in [-0.4, -0.2) is 60.1 Å². The molecule has 1 N–H and O–H groups in total. The fraction of sp³-hybridized carbons (Fsp3) is 1.00. The fourth-order valence-corrected chi connectivity index (χ4v) is 4.97. The summed E-state index contributed by atoms with van der Waals surface area (Å²) in [5.41, 5.74) is 0. The number of nitrogens with one attached hydrogen (secondary N) is 1. The number of rotatable bonds is 5. The summed E-state index contributed by atoms with van der Waals surface area (Å²) in [6, 6.07) is 0.860. The first-order chi connectivity index (χ1) is 7.86. The molecule has 1 atom stereocenters. The SMILES string of the molecule is CN(CCSC1CCNCC1)C1CCSC1. The molecule has 2 aliphatic heterocycles. The van der Waals surface area contributed by atoms with Crippen LogP contribution in [0.3, 0.4) is 0 Å². The molecule has 2 rings (SSSR count). The molecule has 0 spiro atoms. The van der Waals surface area contributed by atoms with Crippen LogP contribution in [0.25, 0.3) is 0 Å².